The Bertz CT molecular complexity index is 911. The van der Waals surface area contributed by atoms with Crippen LogP contribution in [0.15, 0.2) is 65.6 Å². The van der Waals surface area contributed by atoms with Crippen molar-refractivity contribution in [2.45, 2.75) is 43.7 Å². The first-order valence-corrected chi connectivity index (χ1v) is 12.0. The average molecular weight is 430 g/mol. The first-order chi connectivity index (χ1) is 14.4. The van der Waals surface area contributed by atoms with E-state index >= 15 is 0 Å². The van der Waals surface area contributed by atoms with Crippen LogP contribution in [0.25, 0.3) is 0 Å². The first kappa shape index (κ1) is 22.5. The number of nitrogens with zero attached hydrogens (tertiary/aromatic N) is 2. The number of rotatable bonds is 8. The van der Waals surface area contributed by atoms with E-state index in [0.717, 1.165) is 18.4 Å². The molecule has 1 aliphatic heterocycles. The number of amides is 1. The predicted octanol–water partition coefficient (Wildman–Crippen LogP) is 3.04. The van der Waals surface area contributed by atoms with Crippen molar-refractivity contribution in [2.24, 2.45) is 0 Å². The van der Waals surface area contributed by atoms with Crippen LogP contribution in [0, 0.1) is 0 Å². The summed E-state index contributed by atoms with van der Waals surface area (Å²) in [6, 6.07) is 18.2. The highest BCUT2D eigenvalue weighted by Crippen LogP contribution is 2.20. The lowest BCUT2D eigenvalue weighted by molar-refractivity contribution is -0.127. The molecule has 0 bridgehead atoms. The van der Waals surface area contributed by atoms with Crippen LogP contribution >= 0.6 is 0 Å². The summed E-state index contributed by atoms with van der Waals surface area (Å²) in [6.45, 7) is 5.83. The number of benzene rings is 2. The van der Waals surface area contributed by atoms with Crippen LogP contribution in [0.3, 0.4) is 0 Å². The number of sulfonamides is 1. The number of nitrogens with one attached hydrogen (secondary N) is 1. The van der Waals surface area contributed by atoms with Gasteiger partial charge in [0.25, 0.3) is 0 Å². The fraction of sp³-hybridized carbons (Fsp3) is 0.435. The molecule has 0 aromatic heterocycles. The predicted molar refractivity (Wildman–Crippen MR) is 118 cm³/mol. The maximum Gasteiger partial charge on any atom is 0.243 e. The summed E-state index contributed by atoms with van der Waals surface area (Å²) in [4.78, 5) is 15.3. The van der Waals surface area contributed by atoms with E-state index < -0.39 is 10.0 Å². The fourth-order valence-electron chi connectivity index (χ4n) is 3.83. The maximum absolute atomic E-state index is 12.9. The van der Waals surface area contributed by atoms with Crippen LogP contribution in [0.1, 0.15) is 38.3 Å². The largest absolute Gasteiger partial charge is 0.348 e. The zero-order valence-electron chi connectivity index (χ0n) is 17.7. The molecule has 6 nitrogen and oxygen atoms in total. The van der Waals surface area contributed by atoms with Crippen LogP contribution in [-0.4, -0.2) is 55.8 Å². The molecule has 0 spiro atoms. The van der Waals surface area contributed by atoms with Gasteiger partial charge in [0, 0.05) is 26.2 Å². The van der Waals surface area contributed by atoms with Gasteiger partial charge in [0.05, 0.1) is 17.0 Å². The second kappa shape index (κ2) is 10.2. The van der Waals surface area contributed by atoms with Crippen molar-refractivity contribution in [1.82, 2.24) is 14.5 Å². The molecule has 1 aliphatic rings. The van der Waals surface area contributed by atoms with Crippen LogP contribution in [0.4, 0.5) is 0 Å². The van der Waals surface area contributed by atoms with E-state index in [4.69, 9.17) is 0 Å². The van der Waals surface area contributed by atoms with E-state index in [1.165, 1.54) is 4.31 Å². The van der Waals surface area contributed by atoms with Crippen molar-refractivity contribution in [3.8, 4) is 0 Å². The Morgan fingerprint density at radius 3 is 2.10 bits per heavy atom. The molecule has 162 valence electrons. The van der Waals surface area contributed by atoms with Gasteiger partial charge in [0.15, 0.2) is 0 Å². The van der Waals surface area contributed by atoms with Crippen LogP contribution < -0.4 is 5.32 Å². The minimum absolute atomic E-state index is 0.00843. The Hall–Kier alpha value is -2.22. The summed E-state index contributed by atoms with van der Waals surface area (Å²) in [5.41, 5.74) is 1.11. The first-order valence-electron chi connectivity index (χ1n) is 10.6. The molecular formula is C23H31N3O3S. The number of hydrogen-bond acceptors (Lipinski definition) is 4. The highest BCUT2D eigenvalue weighted by molar-refractivity contribution is 7.89. The zero-order valence-corrected chi connectivity index (χ0v) is 18.5. The van der Waals surface area contributed by atoms with Gasteiger partial charge in [-0.1, -0.05) is 61.9 Å². The highest BCUT2D eigenvalue weighted by Gasteiger charge is 2.32. The minimum Gasteiger partial charge on any atom is -0.348 e. The summed E-state index contributed by atoms with van der Waals surface area (Å²) in [7, 11) is -3.49. The number of carbonyl (C=O) groups is 1. The molecule has 1 N–H and O–H groups in total. The van der Waals surface area contributed by atoms with Crippen LogP contribution in [0.2, 0.25) is 0 Å². The Labute approximate surface area is 179 Å². The molecule has 2 atom stereocenters. The molecule has 2 aromatic rings. The Morgan fingerprint density at radius 1 is 0.967 bits per heavy atom. The number of piperazine rings is 1. The number of carbonyl (C=O) groups excluding carboxylic acids is 1. The van der Waals surface area contributed by atoms with Crippen LogP contribution in [0.5, 0.6) is 0 Å². The van der Waals surface area contributed by atoms with Gasteiger partial charge < -0.3 is 5.32 Å². The van der Waals surface area contributed by atoms with Crippen LogP contribution in [-0.2, 0) is 14.8 Å². The normalized spacial score (nSPS) is 17.9. The van der Waals surface area contributed by atoms with Crippen molar-refractivity contribution in [2.75, 3.05) is 26.2 Å². The molecule has 3 rings (SSSR count). The van der Waals surface area contributed by atoms with E-state index in [9.17, 15) is 13.2 Å². The van der Waals surface area contributed by atoms with Gasteiger partial charge in [-0.15, -0.1) is 0 Å². The van der Waals surface area contributed by atoms with E-state index in [1.807, 2.05) is 37.3 Å². The molecule has 1 amide bonds. The Morgan fingerprint density at radius 2 is 1.53 bits per heavy atom. The average Bonchev–Trinajstić information content (AvgIpc) is 2.79. The zero-order chi connectivity index (χ0) is 21.6. The Balaban J connectivity index is 1.59. The third-order valence-corrected chi connectivity index (χ3v) is 7.59. The van der Waals surface area contributed by atoms with Crippen molar-refractivity contribution in [3.63, 3.8) is 0 Å². The third-order valence-electron chi connectivity index (χ3n) is 5.68. The molecule has 1 saturated heterocycles. The van der Waals surface area contributed by atoms with E-state index in [1.54, 1.807) is 30.3 Å². The second-order valence-electron chi connectivity index (χ2n) is 7.69. The molecule has 30 heavy (non-hydrogen) atoms. The lowest BCUT2D eigenvalue weighted by atomic mass is 10.0. The lowest BCUT2D eigenvalue weighted by Gasteiger charge is -2.37. The molecule has 2 aromatic carbocycles. The SMILES string of the molecule is CCC[C@H](NC(=O)[C@H](C)N1CCN(S(=O)(=O)c2ccccc2)CC1)c1ccccc1. The fourth-order valence-corrected chi connectivity index (χ4v) is 5.27. The summed E-state index contributed by atoms with van der Waals surface area (Å²) in [6.07, 6.45) is 1.86. The standard InChI is InChI=1S/C23H31N3O3S/c1-3-10-22(20-11-6-4-7-12-20)24-23(27)19(2)25-15-17-26(18-16-25)30(28,29)21-13-8-5-9-14-21/h4-9,11-14,19,22H,3,10,15-18H2,1-2H3,(H,24,27)/t19-,22-/m0/s1. The third kappa shape index (κ3) is 5.28. The summed E-state index contributed by atoms with van der Waals surface area (Å²) in [5, 5.41) is 3.19. The second-order valence-corrected chi connectivity index (χ2v) is 9.63. The van der Waals surface area contributed by atoms with Gasteiger partial charge in [0.2, 0.25) is 15.9 Å². The topological polar surface area (TPSA) is 69.7 Å². The van der Waals surface area contributed by atoms with Gasteiger partial charge in [0.1, 0.15) is 0 Å². The van der Waals surface area contributed by atoms with Gasteiger partial charge in [-0.25, -0.2) is 8.42 Å². The molecule has 1 fully saturated rings. The van der Waals surface area contributed by atoms with E-state index in [-0.39, 0.29) is 18.0 Å². The maximum atomic E-state index is 12.9. The Kier molecular flexibility index (Phi) is 7.64. The summed E-state index contributed by atoms with van der Waals surface area (Å²) >= 11 is 0. The van der Waals surface area contributed by atoms with Gasteiger partial charge in [-0.05, 0) is 31.0 Å². The molecule has 1 heterocycles. The summed E-state index contributed by atoms with van der Waals surface area (Å²) in [5.74, 6) is -0.0170. The van der Waals surface area contributed by atoms with Gasteiger partial charge in [-0.3, -0.25) is 9.69 Å². The summed E-state index contributed by atoms with van der Waals surface area (Å²) < 4.78 is 27.1. The molecule has 0 radical (unpaired) electrons. The van der Waals surface area contributed by atoms with Crippen molar-refractivity contribution in [1.29, 1.82) is 0 Å². The molecule has 0 unspecified atom stereocenters. The highest BCUT2D eigenvalue weighted by atomic mass is 32.2. The smallest absolute Gasteiger partial charge is 0.243 e. The van der Waals surface area contributed by atoms with Crippen molar-refractivity contribution in [3.05, 3.63) is 66.2 Å². The van der Waals surface area contributed by atoms with Gasteiger partial charge >= 0.3 is 0 Å². The lowest BCUT2D eigenvalue weighted by Crippen LogP contribution is -2.55. The van der Waals surface area contributed by atoms with Crippen molar-refractivity contribution >= 4 is 15.9 Å². The van der Waals surface area contributed by atoms with Crippen molar-refractivity contribution < 1.29 is 13.2 Å². The minimum atomic E-state index is -3.49. The van der Waals surface area contributed by atoms with E-state index in [0.29, 0.717) is 31.1 Å². The monoisotopic (exact) mass is 429 g/mol. The molecule has 0 aliphatic carbocycles. The van der Waals surface area contributed by atoms with E-state index in [2.05, 4.69) is 17.1 Å². The number of hydrogen-bond donors (Lipinski definition) is 1. The molecule has 0 saturated carbocycles. The molecular weight excluding hydrogens is 398 g/mol. The van der Waals surface area contributed by atoms with Gasteiger partial charge in [-0.2, -0.15) is 4.31 Å². The molecule has 7 heteroatoms. The quantitative estimate of drug-likeness (QED) is 0.700.